The molecule has 2 aromatic rings. The van der Waals surface area contributed by atoms with Gasteiger partial charge in [0.25, 0.3) is 5.56 Å². The standard InChI is InChI=1S/C19H22N2O3S2/c1-4-15(18(23)24-5-2)26-19-20-14-10-11-25-16(14)17(22)21(19)13-8-6-12(3)7-9-13/h6-9,15H,4-5,10-11H2,1-3H3. The Labute approximate surface area is 161 Å². The summed E-state index contributed by atoms with van der Waals surface area (Å²) in [6.45, 7) is 6.08. The van der Waals surface area contributed by atoms with E-state index in [1.165, 1.54) is 11.8 Å². The zero-order chi connectivity index (χ0) is 18.7. The first-order valence-corrected chi connectivity index (χ1v) is 10.6. The number of benzene rings is 1. The van der Waals surface area contributed by atoms with Gasteiger partial charge in [-0.3, -0.25) is 14.2 Å². The number of aryl methyl sites for hydroxylation is 2. The molecule has 1 aliphatic rings. The molecule has 5 nitrogen and oxygen atoms in total. The Balaban J connectivity index is 2.08. The zero-order valence-corrected chi connectivity index (χ0v) is 16.8. The van der Waals surface area contributed by atoms with E-state index in [2.05, 4.69) is 0 Å². The lowest BCUT2D eigenvalue weighted by Gasteiger charge is -2.17. The fourth-order valence-electron chi connectivity index (χ4n) is 2.75. The molecule has 1 atom stereocenters. The Morgan fingerprint density at radius 1 is 1.35 bits per heavy atom. The van der Waals surface area contributed by atoms with Crippen molar-refractivity contribution < 1.29 is 9.53 Å². The summed E-state index contributed by atoms with van der Waals surface area (Å²) in [7, 11) is 0. The van der Waals surface area contributed by atoms with Gasteiger partial charge in [0.15, 0.2) is 5.16 Å². The molecule has 1 aliphatic heterocycles. The van der Waals surface area contributed by atoms with Gasteiger partial charge in [-0.2, -0.15) is 0 Å². The smallest absolute Gasteiger partial charge is 0.319 e. The third-order valence-electron chi connectivity index (χ3n) is 4.13. The summed E-state index contributed by atoms with van der Waals surface area (Å²) < 4.78 is 6.80. The van der Waals surface area contributed by atoms with Crippen molar-refractivity contribution in [2.45, 2.75) is 48.9 Å². The Bertz CT molecular complexity index is 862. The molecule has 26 heavy (non-hydrogen) atoms. The van der Waals surface area contributed by atoms with Gasteiger partial charge < -0.3 is 4.74 Å². The van der Waals surface area contributed by atoms with Gasteiger partial charge in [0.1, 0.15) is 5.25 Å². The molecule has 7 heteroatoms. The van der Waals surface area contributed by atoms with Crippen molar-refractivity contribution in [1.29, 1.82) is 0 Å². The predicted molar refractivity (Wildman–Crippen MR) is 106 cm³/mol. The van der Waals surface area contributed by atoms with Crippen LogP contribution in [0, 0.1) is 6.92 Å². The van der Waals surface area contributed by atoms with Crippen molar-refractivity contribution >= 4 is 29.5 Å². The van der Waals surface area contributed by atoms with Crippen molar-refractivity contribution in [3.63, 3.8) is 0 Å². The fraction of sp³-hybridized carbons (Fsp3) is 0.421. The SMILES string of the molecule is CCOC(=O)C(CC)Sc1nc2c(c(=O)n1-c1ccc(C)cc1)SCC2. The number of carbonyl (C=O) groups excluding carboxylic acids is 1. The number of carbonyl (C=O) groups is 1. The zero-order valence-electron chi connectivity index (χ0n) is 15.2. The maximum Gasteiger partial charge on any atom is 0.319 e. The lowest BCUT2D eigenvalue weighted by molar-refractivity contribution is -0.142. The highest BCUT2D eigenvalue weighted by Crippen LogP contribution is 2.32. The number of hydrogen-bond acceptors (Lipinski definition) is 6. The molecule has 0 radical (unpaired) electrons. The molecule has 0 fully saturated rings. The van der Waals surface area contributed by atoms with Crippen LogP contribution in [0.1, 0.15) is 31.5 Å². The molecule has 0 spiro atoms. The minimum Gasteiger partial charge on any atom is -0.465 e. The molecule has 1 unspecified atom stereocenters. The summed E-state index contributed by atoms with van der Waals surface area (Å²) in [4.78, 5) is 30.8. The van der Waals surface area contributed by atoms with Gasteiger partial charge >= 0.3 is 5.97 Å². The molecule has 2 heterocycles. The average molecular weight is 391 g/mol. The second-order valence-electron chi connectivity index (χ2n) is 6.01. The van der Waals surface area contributed by atoms with E-state index >= 15 is 0 Å². The maximum absolute atomic E-state index is 13.1. The summed E-state index contributed by atoms with van der Waals surface area (Å²) in [6.07, 6.45) is 1.40. The van der Waals surface area contributed by atoms with Gasteiger partial charge in [-0.25, -0.2) is 4.98 Å². The topological polar surface area (TPSA) is 61.2 Å². The normalized spacial score (nSPS) is 14.1. The van der Waals surface area contributed by atoms with Gasteiger partial charge in [-0.05, 0) is 32.4 Å². The Hall–Kier alpha value is -1.73. The van der Waals surface area contributed by atoms with E-state index in [0.717, 1.165) is 34.0 Å². The maximum atomic E-state index is 13.1. The molecule has 0 saturated heterocycles. The molecular weight excluding hydrogens is 368 g/mol. The van der Waals surface area contributed by atoms with E-state index in [-0.39, 0.29) is 16.8 Å². The van der Waals surface area contributed by atoms with E-state index in [1.807, 2.05) is 38.1 Å². The quantitative estimate of drug-likeness (QED) is 0.426. The van der Waals surface area contributed by atoms with Gasteiger partial charge in [-0.1, -0.05) is 36.4 Å². The summed E-state index contributed by atoms with van der Waals surface area (Å²) in [5.74, 6) is 0.605. The van der Waals surface area contributed by atoms with Crippen LogP contribution >= 0.6 is 23.5 Å². The van der Waals surface area contributed by atoms with Crippen molar-refractivity contribution in [3.05, 3.63) is 45.9 Å². The minimum absolute atomic E-state index is 0.0532. The van der Waals surface area contributed by atoms with Gasteiger partial charge in [0.05, 0.1) is 22.9 Å². The van der Waals surface area contributed by atoms with E-state index in [0.29, 0.717) is 18.2 Å². The van der Waals surface area contributed by atoms with E-state index in [9.17, 15) is 9.59 Å². The molecule has 1 aromatic heterocycles. The largest absolute Gasteiger partial charge is 0.465 e. The van der Waals surface area contributed by atoms with Gasteiger partial charge in [-0.15, -0.1) is 11.8 Å². The lowest BCUT2D eigenvalue weighted by Crippen LogP contribution is -2.26. The van der Waals surface area contributed by atoms with E-state index < -0.39 is 0 Å². The summed E-state index contributed by atoms with van der Waals surface area (Å²) in [5.41, 5.74) is 2.68. The van der Waals surface area contributed by atoms with Crippen molar-refractivity contribution in [3.8, 4) is 5.69 Å². The van der Waals surface area contributed by atoms with Crippen LogP contribution in [0.5, 0.6) is 0 Å². The second kappa shape index (κ2) is 8.31. The fourth-order valence-corrected chi connectivity index (χ4v) is 4.82. The van der Waals surface area contributed by atoms with E-state index in [4.69, 9.17) is 9.72 Å². The third kappa shape index (κ3) is 3.83. The number of thioether (sulfide) groups is 2. The monoisotopic (exact) mass is 390 g/mol. The number of nitrogens with zero attached hydrogens (tertiary/aromatic N) is 2. The number of rotatable bonds is 6. The summed E-state index contributed by atoms with van der Waals surface area (Å²) in [5, 5.41) is 0.172. The average Bonchev–Trinajstić information content (AvgIpc) is 3.10. The number of esters is 1. The van der Waals surface area contributed by atoms with Crippen LogP contribution in [0.25, 0.3) is 5.69 Å². The number of ether oxygens (including phenoxy) is 1. The first kappa shape index (κ1) is 19.0. The Kier molecular flexibility index (Phi) is 6.09. The van der Waals surface area contributed by atoms with Crippen molar-refractivity contribution in [2.75, 3.05) is 12.4 Å². The molecule has 0 bridgehead atoms. The van der Waals surface area contributed by atoms with Crippen LogP contribution in [0.15, 0.2) is 39.1 Å². The first-order valence-electron chi connectivity index (χ1n) is 8.74. The van der Waals surface area contributed by atoms with Crippen molar-refractivity contribution in [2.24, 2.45) is 0 Å². The summed E-state index contributed by atoms with van der Waals surface area (Å²) >= 11 is 2.87. The van der Waals surface area contributed by atoms with Crippen LogP contribution in [0.3, 0.4) is 0 Å². The highest BCUT2D eigenvalue weighted by atomic mass is 32.2. The highest BCUT2D eigenvalue weighted by molar-refractivity contribution is 8.00. The lowest BCUT2D eigenvalue weighted by atomic mass is 10.2. The molecule has 0 N–H and O–H groups in total. The molecular formula is C19H22N2O3S2. The van der Waals surface area contributed by atoms with Crippen LogP contribution in [-0.4, -0.2) is 33.1 Å². The minimum atomic E-state index is -0.384. The highest BCUT2D eigenvalue weighted by Gasteiger charge is 2.26. The second-order valence-corrected chi connectivity index (χ2v) is 8.29. The van der Waals surface area contributed by atoms with E-state index in [1.54, 1.807) is 23.3 Å². The number of aromatic nitrogens is 2. The van der Waals surface area contributed by atoms with Crippen LogP contribution in [0.2, 0.25) is 0 Å². The van der Waals surface area contributed by atoms with Crippen LogP contribution < -0.4 is 5.56 Å². The molecule has 0 amide bonds. The van der Waals surface area contributed by atoms with Crippen LogP contribution in [0.4, 0.5) is 0 Å². The molecule has 0 saturated carbocycles. The van der Waals surface area contributed by atoms with Crippen molar-refractivity contribution in [1.82, 2.24) is 9.55 Å². The Morgan fingerprint density at radius 2 is 2.08 bits per heavy atom. The molecule has 138 valence electrons. The number of hydrogen-bond donors (Lipinski definition) is 0. The first-order chi connectivity index (χ1) is 12.5. The van der Waals surface area contributed by atoms with Gasteiger partial charge in [0.2, 0.25) is 0 Å². The third-order valence-corrected chi connectivity index (χ3v) is 6.53. The number of fused-ring (bicyclic) bond motifs is 1. The Morgan fingerprint density at radius 3 is 2.73 bits per heavy atom. The predicted octanol–water partition coefficient (Wildman–Crippen LogP) is 3.62. The molecule has 0 aliphatic carbocycles. The summed E-state index contributed by atoms with van der Waals surface area (Å²) in [6, 6.07) is 7.78. The van der Waals surface area contributed by atoms with Gasteiger partial charge in [0, 0.05) is 12.2 Å². The molecule has 1 aromatic carbocycles. The van der Waals surface area contributed by atoms with Crippen LogP contribution in [-0.2, 0) is 16.0 Å². The molecule has 3 rings (SSSR count).